The number of hydrogen-bond acceptors (Lipinski definition) is 0. The molecule has 0 radical (unpaired) electrons. The first-order chi connectivity index (χ1) is 7.72. The number of unbranched alkanes of at least 4 members (excludes halogenated alkanes) is 2. The summed E-state index contributed by atoms with van der Waals surface area (Å²) in [5, 5.41) is 0. The summed E-state index contributed by atoms with van der Waals surface area (Å²) in [7, 11) is 0. The fraction of sp³-hybridized carbons (Fsp3) is 0.467. The monoisotopic (exact) mass is 284 g/mol. The molecule has 0 aliphatic rings. The van der Waals surface area contributed by atoms with Crippen molar-refractivity contribution in [3.63, 3.8) is 0 Å². The molecule has 0 aromatic heterocycles. The Kier molecular flexibility index (Phi) is 16.1. The average molecular weight is 285 g/mol. The highest BCUT2D eigenvalue weighted by Gasteiger charge is 1.86. The minimum atomic E-state index is 1.18. The van der Waals surface area contributed by atoms with Crippen LogP contribution in [-0.4, -0.2) is 0 Å². The van der Waals surface area contributed by atoms with Gasteiger partial charge in [0.25, 0.3) is 0 Å². The quantitative estimate of drug-likeness (QED) is 0.461. The van der Waals surface area contributed by atoms with Crippen molar-refractivity contribution in [1.82, 2.24) is 0 Å². The summed E-state index contributed by atoms with van der Waals surface area (Å²) in [5.74, 6) is 0. The second kappa shape index (κ2) is 14.4. The molecule has 0 fully saturated rings. The van der Waals surface area contributed by atoms with Gasteiger partial charge in [-0.25, -0.2) is 0 Å². The van der Waals surface area contributed by atoms with E-state index in [0.29, 0.717) is 0 Å². The van der Waals surface area contributed by atoms with Crippen LogP contribution >= 0.6 is 15.9 Å². The van der Waals surface area contributed by atoms with Gasteiger partial charge in [0.05, 0.1) is 0 Å². The van der Waals surface area contributed by atoms with E-state index in [0.717, 1.165) is 0 Å². The van der Waals surface area contributed by atoms with Crippen molar-refractivity contribution in [3.8, 4) is 0 Å². The van der Waals surface area contributed by atoms with Crippen LogP contribution in [0, 0.1) is 6.92 Å². The molecule has 0 saturated heterocycles. The van der Waals surface area contributed by atoms with Gasteiger partial charge in [0.2, 0.25) is 0 Å². The molecule has 16 heavy (non-hydrogen) atoms. The van der Waals surface area contributed by atoms with Gasteiger partial charge in [0.15, 0.2) is 0 Å². The van der Waals surface area contributed by atoms with Crippen LogP contribution < -0.4 is 0 Å². The molecule has 92 valence electrons. The number of aryl methyl sites for hydroxylation is 1. The van der Waals surface area contributed by atoms with Gasteiger partial charge in [-0.2, -0.15) is 0 Å². The van der Waals surface area contributed by atoms with E-state index in [4.69, 9.17) is 0 Å². The Hall–Kier alpha value is -0.560. The fourth-order valence-electron chi connectivity index (χ4n) is 0.899. The zero-order valence-corrected chi connectivity index (χ0v) is 12.7. The number of halogens is 1. The van der Waals surface area contributed by atoms with E-state index in [1.807, 2.05) is 38.1 Å². The summed E-state index contributed by atoms with van der Waals surface area (Å²) < 4.78 is 1.18. The molecule has 0 aliphatic heterocycles. The average Bonchev–Trinajstić information content (AvgIpc) is 2.34. The van der Waals surface area contributed by atoms with Gasteiger partial charge in [0.1, 0.15) is 0 Å². The van der Waals surface area contributed by atoms with E-state index in [9.17, 15) is 0 Å². The molecule has 0 unspecified atom stereocenters. The Labute approximate surface area is 110 Å². The van der Waals surface area contributed by atoms with E-state index in [2.05, 4.69) is 42.4 Å². The van der Waals surface area contributed by atoms with Gasteiger partial charge in [-0.1, -0.05) is 73.8 Å². The molecular formula is C15H25Br. The zero-order chi connectivity index (χ0) is 12.8. The number of benzene rings is 1. The van der Waals surface area contributed by atoms with Crippen LogP contribution in [0.25, 0.3) is 0 Å². The molecule has 0 atom stereocenters. The number of rotatable bonds is 3. The van der Waals surface area contributed by atoms with Crippen molar-refractivity contribution in [2.45, 2.75) is 47.0 Å². The lowest BCUT2D eigenvalue weighted by molar-refractivity contribution is 0.816. The summed E-state index contributed by atoms with van der Waals surface area (Å²) in [6, 6.07) is 8.15. The Morgan fingerprint density at radius 3 is 2.06 bits per heavy atom. The van der Waals surface area contributed by atoms with Crippen molar-refractivity contribution < 1.29 is 0 Å². The van der Waals surface area contributed by atoms with Crippen LogP contribution in [0.1, 0.15) is 45.6 Å². The Morgan fingerprint density at radius 2 is 1.81 bits per heavy atom. The van der Waals surface area contributed by atoms with Gasteiger partial charge in [-0.3, -0.25) is 0 Å². The van der Waals surface area contributed by atoms with Crippen LogP contribution in [0.2, 0.25) is 0 Å². The van der Waals surface area contributed by atoms with Gasteiger partial charge < -0.3 is 0 Å². The molecule has 1 aromatic carbocycles. The molecule has 1 heteroatoms. The minimum absolute atomic E-state index is 1.18. The number of allylic oxidation sites excluding steroid dienone is 1. The maximum Gasteiger partial charge on any atom is 0.0204 e. The molecule has 0 N–H and O–H groups in total. The number of hydrogen-bond donors (Lipinski definition) is 0. The summed E-state index contributed by atoms with van der Waals surface area (Å²) in [5.41, 5.74) is 1.28. The first kappa shape index (κ1) is 17.8. The summed E-state index contributed by atoms with van der Waals surface area (Å²) >= 11 is 3.40. The van der Waals surface area contributed by atoms with E-state index in [1.165, 1.54) is 29.3 Å². The maximum atomic E-state index is 3.60. The Balaban J connectivity index is 0. The topological polar surface area (TPSA) is 0 Å². The molecule has 1 rings (SSSR count). The van der Waals surface area contributed by atoms with Crippen LogP contribution in [0.5, 0.6) is 0 Å². The first-order valence-corrected chi connectivity index (χ1v) is 6.83. The third-order valence-electron chi connectivity index (χ3n) is 1.84. The van der Waals surface area contributed by atoms with Gasteiger partial charge >= 0.3 is 0 Å². The van der Waals surface area contributed by atoms with Crippen LogP contribution in [0.3, 0.4) is 0 Å². The normalized spacial score (nSPS) is 8.06. The highest BCUT2D eigenvalue weighted by atomic mass is 79.9. The maximum absolute atomic E-state index is 3.60. The van der Waals surface area contributed by atoms with Crippen LogP contribution in [-0.2, 0) is 0 Å². The SMILES string of the molecule is C=CCCCC.CC.Cc1ccccc1Br. The predicted molar refractivity (Wildman–Crippen MR) is 79.9 cm³/mol. The van der Waals surface area contributed by atoms with Crippen molar-refractivity contribution in [2.75, 3.05) is 0 Å². The molecule has 0 bridgehead atoms. The standard InChI is InChI=1S/C7H7Br.C6H12.C2H6/c1-6-4-2-3-5-7(6)8;1-3-5-6-4-2;1-2/h2-5H,1H3;3H,1,4-6H2,2H3;1-2H3. The van der Waals surface area contributed by atoms with Crippen molar-refractivity contribution in [2.24, 2.45) is 0 Å². The van der Waals surface area contributed by atoms with E-state index < -0.39 is 0 Å². The zero-order valence-electron chi connectivity index (χ0n) is 11.1. The van der Waals surface area contributed by atoms with Crippen LogP contribution in [0.4, 0.5) is 0 Å². The van der Waals surface area contributed by atoms with Crippen molar-refractivity contribution >= 4 is 15.9 Å². The lowest BCUT2D eigenvalue weighted by Crippen LogP contribution is -1.69. The summed E-state index contributed by atoms with van der Waals surface area (Å²) in [6.45, 7) is 11.9. The van der Waals surface area contributed by atoms with Gasteiger partial charge in [-0.05, 0) is 25.0 Å². The molecule has 0 aliphatic carbocycles. The first-order valence-electron chi connectivity index (χ1n) is 6.04. The van der Waals surface area contributed by atoms with Gasteiger partial charge in [-0.15, -0.1) is 6.58 Å². The molecule has 0 saturated carbocycles. The molecule has 1 aromatic rings. The molecule has 0 heterocycles. The lowest BCUT2D eigenvalue weighted by atomic mass is 10.2. The third kappa shape index (κ3) is 11.5. The lowest BCUT2D eigenvalue weighted by Gasteiger charge is -1.91. The highest BCUT2D eigenvalue weighted by molar-refractivity contribution is 9.10. The largest absolute Gasteiger partial charge is 0.103 e. The Bertz CT molecular complexity index is 232. The van der Waals surface area contributed by atoms with E-state index >= 15 is 0 Å². The van der Waals surface area contributed by atoms with Crippen LogP contribution in [0.15, 0.2) is 41.4 Å². The predicted octanol–water partition coefficient (Wildman–Crippen LogP) is 6.15. The minimum Gasteiger partial charge on any atom is -0.103 e. The molecular weight excluding hydrogens is 260 g/mol. The second-order valence-corrected chi connectivity index (χ2v) is 4.03. The van der Waals surface area contributed by atoms with Crippen molar-refractivity contribution in [1.29, 1.82) is 0 Å². The summed E-state index contributed by atoms with van der Waals surface area (Å²) in [4.78, 5) is 0. The second-order valence-electron chi connectivity index (χ2n) is 3.18. The highest BCUT2D eigenvalue weighted by Crippen LogP contribution is 2.13. The molecule has 0 nitrogen and oxygen atoms in total. The van der Waals surface area contributed by atoms with E-state index in [1.54, 1.807) is 0 Å². The Morgan fingerprint density at radius 1 is 1.25 bits per heavy atom. The smallest absolute Gasteiger partial charge is 0.0204 e. The van der Waals surface area contributed by atoms with Gasteiger partial charge in [0, 0.05) is 4.47 Å². The van der Waals surface area contributed by atoms with E-state index in [-0.39, 0.29) is 0 Å². The fourth-order valence-corrected chi connectivity index (χ4v) is 1.18. The molecule has 0 amide bonds. The molecule has 0 spiro atoms. The van der Waals surface area contributed by atoms with Crippen molar-refractivity contribution in [3.05, 3.63) is 47.0 Å². The third-order valence-corrected chi connectivity index (χ3v) is 2.73. The summed E-state index contributed by atoms with van der Waals surface area (Å²) in [6.07, 6.45) is 5.72.